The maximum Gasteiger partial charge on any atom is 0.271 e. The molecule has 4 nitrogen and oxygen atoms in total. The third-order valence-electron chi connectivity index (χ3n) is 2.20. The Morgan fingerprint density at radius 2 is 2.06 bits per heavy atom. The molecule has 0 fully saturated rings. The normalized spacial score (nSPS) is 12.4. The van der Waals surface area contributed by atoms with E-state index in [4.69, 9.17) is 23.1 Å². The van der Waals surface area contributed by atoms with Gasteiger partial charge >= 0.3 is 0 Å². The minimum Gasteiger partial charge on any atom is -0.394 e. The summed E-state index contributed by atoms with van der Waals surface area (Å²) in [4.78, 5) is 11.8. The zero-order chi connectivity index (χ0) is 13.7. The van der Waals surface area contributed by atoms with Crippen LogP contribution in [0.4, 0.5) is 5.69 Å². The summed E-state index contributed by atoms with van der Waals surface area (Å²) in [6, 6.07) is 5.50. The fraction of sp³-hybridized carbons (Fsp3) is 0.0833. The molecule has 0 bridgehead atoms. The third kappa shape index (κ3) is 4.09. The lowest BCUT2D eigenvalue weighted by molar-refractivity contribution is -0.112. The van der Waals surface area contributed by atoms with Crippen LogP contribution in [0.1, 0.15) is 5.56 Å². The lowest BCUT2D eigenvalue weighted by Gasteiger charge is -2.09. The molecule has 0 heterocycles. The van der Waals surface area contributed by atoms with Gasteiger partial charge in [0.25, 0.3) is 5.91 Å². The molecule has 0 aromatic heterocycles. The molecule has 1 rings (SSSR count). The number of anilines is 1. The Hall–Kier alpha value is -1.46. The molecule has 1 aromatic rings. The predicted molar refractivity (Wildman–Crippen MR) is 77.9 cm³/mol. The summed E-state index contributed by atoms with van der Waals surface area (Å²) >= 11 is 8.82. The molecule has 0 aliphatic rings. The van der Waals surface area contributed by atoms with E-state index in [0.717, 1.165) is 10.0 Å². The molecule has 0 spiro atoms. The van der Waals surface area contributed by atoms with Gasteiger partial charge < -0.3 is 16.8 Å². The van der Waals surface area contributed by atoms with Crippen LogP contribution in [0.3, 0.4) is 0 Å². The zero-order valence-electron chi connectivity index (χ0n) is 9.71. The molecule has 0 unspecified atom stereocenters. The van der Waals surface area contributed by atoms with Gasteiger partial charge in [0.1, 0.15) is 0 Å². The largest absolute Gasteiger partial charge is 0.394 e. The summed E-state index contributed by atoms with van der Waals surface area (Å²) in [6.45, 7) is 1.89. The van der Waals surface area contributed by atoms with Gasteiger partial charge in [0.15, 0.2) is 0 Å². The average molecular weight is 331 g/mol. The van der Waals surface area contributed by atoms with E-state index in [1.165, 1.54) is 12.2 Å². The number of amides is 1. The van der Waals surface area contributed by atoms with Crippen LogP contribution in [0.25, 0.3) is 0 Å². The number of hydrogen-bond donors (Lipinski definition) is 3. The minimum absolute atomic E-state index is 0.0259. The Bertz CT molecular complexity index is 522. The fourth-order valence-corrected chi connectivity index (χ4v) is 1.61. The van der Waals surface area contributed by atoms with Crippen molar-refractivity contribution in [3.8, 4) is 0 Å². The minimum atomic E-state index is -0.412. The van der Waals surface area contributed by atoms with Gasteiger partial charge in [-0.3, -0.25) is 4.79 Å². The Kier molecular flexibility index (Phi) is 5.25. The SMILES string of the molecule is Cc1c(Br)cccc1NC(=O)/C(N)=C/C=C(\N)Cl. The molecule has 1 amide bonds. The zero-order valence-corrected chi connectivity index (χ0v) is 12.0. The van der Waals surface area contributed by atoms with E-state index in [9.17, 15) is 4.79 Å². The van der Waals surface area contributed by atoms with Crippen LogP contribution in [0.15, 0.2) is 45.7 Å². The maximum absolute atomic E-state index is 11.8. The van der Waals surface area contributed by atoms with Gasteiger partial charge in [0.05, 0.1) is 10.9 Å². The van der Waals surface area contributed by atoms with Crippen LogP contribution in [0.5, 0.6) is 0 Å². The summed E-state index contributed by atoms with van der Waals surface area (Å²) in [5.74, 6) is -0.412. The number of halogens is 2. The summed E-state index contributed by atoms with van der Waals surface area (Å²) in [7, 11) is 0. The monoisotopic (exact) mass is 329 g/mol. The lowest BCUT2D eigenvalue weighted by Crippen LogP contribution is -2.20. The number of nitrogens with one attached hydrogen (secondary N) is 1. The molecule has 0 radical (unpaired) electrons. The first kappa shape index (κ1) is 14.6. The first-order valence-corrected chi connectivity index (χ1v) is 6.24. The molecule has 0 saturated carbocycles. The number of hydrogen-bond acceptors (Lipinski definition) is 3. The van der Waals surface area contributed by atoms with Crippen molar-refractivity contribution in [2.45, 2.75) is 6.92 Å². The van der Waals surface area contributed by atoms with Gasteiger partial charge in [-0.25, -0.2) is 0 Å². The number of rotatable bonds is 3. The van der Waals surface area contributed by atoms with Gasteiger partial charge in [-0.05, 0) is 36.8 Å². The van der Waals surface area contributed by atoms with Crippen LogP contribution in [-0.2, 0) is 4.79 Å². The highest BCUT2D eigenvalue weighted by Gasteiger charge is 2.08. The maximum atomic E-state index is 11.8. The second-order valence-corrected chi connectivity index (χ2v) is 4.83. The molecular weight excluding hydrogens is 318 g/mol. The van der Waals surface area contributed by atoms with Crippen LogP contribution in [0, 0.1) is 6.92 Å². The van der Waals surface area contributed by atoms with Crippen molar-refractivity contribution in [2.24, 2.45) is 11.5 Å². The summed E-state index contributed by atoms with van der Waals surface area (Å²) in [5, 5.41) is 2.76. The molecule has 0 aliphatic heterocycles. The van der Waals surface area contributed by atoms with Gasteiger partial charge in [-0.15, -0.1) is 0 Å². The number of allylic oxidation sites excluding steroid dienone is 2. The fourth-order valence-electron chi connectivity index (χ4n) is 1.18. The third-order valence-corrected chi connectivity index (χ3v) is 3.19. The van der Waals surface area contributed by atoms with Crippen LogP contribution in [0.2, 0.25) is 0 Å². The second-order valence-electron chi connectivity index (χ2n) is 3.54. The molecule has 0 atom stereocenters. The van der Waals surface area contributed by atoms with Crippen molar-refractivity contribution in [1.29, 1.82) is 0 Å². The Morgan fingerprint density at radius 3 is 2.67 bits per heavy atom. The van der Waals surface area contributed by atoms with Crippen LogP contribution in [-0.4, -0.2) is 5.91 Å². The quantitative estimate of drug-likeness (QED) is 0.452. The van der Waals surface area contributed by atoms with E-state index in [1.54, 1.807) is 6.07 Å². The van der Waals surface area contributed by atoms with Gasteiger partial charge in [-0.2, -0.15) is 0 Å². The van der Waals surface area contributed by atoms with Crippen molar-refractivity contribution < 1.29 is 4.79 Å². The molecular formula is C12H13BrClN3O. The molecule has 0 saturated heterocycles. The summed E-state index contributed by atoms with van der Waals surface area (Å²) in [5.41, 5.74) is 12.4. The topological polar surface area (TPSA) is 81.1 Å². The van der Waals surface area contributed by atoms with E-state index >= 15 is 0 Å². The summed E-state index contributed by atoms with van der Waals surface area (Å²) in [6.07, 6.45) is 2.70. The average Bonchev–Trinajstić information content (AvgIpc) is 2.31. The highest BCUT2D eigenvalue weighted by atomic mass is 79.9. The predicted octanol–water partition coefficient (Wildman–Crippen LogP) is 2.58. The first-order valence-electron chi connectivity index (χ1n) is 5.06. The molecule has 96 valence electrons. The Balaban J connectivity index is 2.85. The number of benzene rings is 1. The number of nitrogens with two attached hydrogens (primary N) is 2. The van der Waals surface area contributed by atoms with Crippen molar-refractivity contribution in [3.63, 3.8) is 0 Å². The lowest BCUT2D eigenvalue weighted by atomic mass is 10.2. The highest BCUT2D eigenvalue weighted by molar-refractivity contribution is 9.10. The molecule has 18 heavy (non-hydrogen) atoms. The van der Waals surface area contributed by atoms with Crippen molar-refractivity contribution in [3.05, 3.63) is 51.2 Å². The van der Waals surface area contributed by atoms with Crippen LogP contribution < -0.4 is 16.8 Å². The number of carbonyl (C=O) groups excluding carboxylic acids is 1. The Labute approximate surface area is 119 Å². The van der Waals surface area contributed by atoms with E-state index in [-0.39, 0.29) is 10.9 Å². The molecule has 1 aromatic carbocycles. The molecule has 5 N–H and O–H groups in total. The van der Waals surface area contributed by atoms with Gasteiger partial charge in [0, 0.05) is 10.2 Å². The van der Waals surface area contributed by atoms with Crippen molar-refractivity contribution in [1.82, 2.24) is 0 Å². The molecule has 0 aliphatic carbocycles. The van der Waals surface area contributed by atoms with E-state index in [0.29, 0.717) is 5.69 Å². The van der Waals surface area contributed by atoms with E-state index in [2.05, 4.69) is 21.2 Å². The smallest absolute Gasteiger partial charge is 0.271 e. The second kappa shape index (κ2) is 6.47. The first-order chi connectivity index (χ1) is 8.41. The number of carbonyl (C=O) groups is 1. The van der Waals surface area contributed by atoms with E-state index < -0.39 is 5.91 Å². The molecule has 6 heteroatoms. The standard InChI is InChI=1S/C12H13BrClN3O/c1-7-8(13)3-2-4-10(7)17-12(18)9(15)5-6-11(14)16/h2-6H,15-16H2,1H3,(H,17,18)/b9-5-,11-6-. The van der Waals surface area contributed by atoms with E-state index in [1.807, 2.05) is 19.1 Å². The van der Waals surface area contributed by atoms with Crippen LogP contribution >= 0.6 is 27.5 Å². The Morgan fingerprint density at radius 1 is 1.39 bits per heavy atom. The van der Waals surface area contributed by atoms with Gasteiger partial charge in [-0.1, -0.05) is 33.6 Å². The van der Waals surface area contributed by atoms with Crippen molar-refractivity contribution in [2.75, 3.05) is 5.32 Å². The highest BCUT2D eigenvalue weighted by Crippen LogP contribution is 2.23. The van der Waals surface area contributed by atoms with Crippen molar-refractivity contribution >= 4 is 39.1 Å². The van der Waals surface area contributed by atoms with Gasteiger partial charge in [0.2, 0.25) is 0 Å². The summed E-state index contributed by atoms with van der Waals surface area (Å²) < 4.78 is 0.910.